The summed E-state index contributed by atoms with van der Waals surface area (Å²) in [6.07, 6.45) is -4.32. The van der Waals surface area contributed by atoms with Crippen LogP contribution in [0.3, 0.4) is 0 Å². The van der Waals surface area contributed by atoms with Crippen LogP contribution in [0.25, 0.3) is 0 Å². The lowest BCUT2D eigenvalue weighted by Gasteiger charge is -2.32. The fourth-order valence-corrected chi connectivity index (χ4v) is 1.83. The van der Waals surface area contributed by atoms with E-state index < -0.39 is 24.7 Å². The predicted molar refractivity (Wildman–Crippen MR) is 62.0 cm³/mol. The van der Waals surface area contributed by atoms with Crippen molar-refractivity contribution in [2.45, 2.75) is 39.0 Å². The molecule has 0 aliphatic carbocycles. The number of alkyl halides is 3. The van der Waals surface area contributed by atoms with Gasteiger partial charge in [0.2, 0.25) is 5.76 Å². The van der Waals surface area contributed by atoms with Crippen LogP contribution < -0.4 is 0 Å². The Hall–Kier alpha value is -1.50. The number of furan rings is 1. The molecule has 0 radical (unpaired) electrons. The molecule has 19 heavy (non-hydrogen) atoms. The van der Waals surface area contributed by atoms with Crippen LogP contribution in [0.1, 0.15) is 43.1 Å². The van der Waals surface area contributed by atoms with E-state index >= 15 is 0 Å². The van der Waals surface area contributed by atoms with Crippen LogP contribution in [0.2, 0.25) is 0 Å². The molecule has 0 saturated heterocycles. The summed E-state index contributed by atoms with van der Waals surface area (Å²) in [4.78, 5) is 11.9. The van der Waals surface area contributed by atoms with E-state index in [9.17, 15) is 18.0 Å². The molecule has 1 atom stereocenters. The number of rotatable bonds is 5. The van der Waals surface area contributed by atoms with Crippen molar-refractivity contribution in [2.75, 3.05) is 6.54 Å². The SMILES string of the molecule is CC(C)N(CC(F)(F)F)C(C)c1ccc(C(=O)O)o1. The normalized spacial score (nSPS) is 14.1. The summed E-state index contributed by atoms with van der Waals surface area (Å²) in [5, 5.41) is 8.73. The highest BCUT2D eigenvalue weighted by atomic mass is 19.4. The Morgan fingerprint density at radius 2 is 1.95 bits per heavy atom. The van der Waals surface area contributed by atoms with E-state index in [2.05, 4.69) is 0 Å². The molecular formula is C12H16F3NO3. The Labute approximate surface area is 108 Å². The molecule has 0 aliphatic rings. The van der Waals surface area contributed by atoms with Crippen molar-refractivity contribution < 1.29 is 27.5 Å². The second-order valence-electron chi connectivity index (χ2n) is 4.56. The molecule has 0 fully saturated rings. The first kappa shape index (κ1) is 15.6. The number of hydrogen-bond acceptors (Lipinski definition) is 3. The largest absolute Gasteiger partial charge is 0.475 e. The zero-order valence-electron chi connectivity index (χ0n) is 10.9. The van der Waals surface area contributed by atoms with Gasteiger partial charge in [-0.05, 0) is 32.9 Å². The molecule has 0 bridgehead atoms. The Morgan fingerprint density at radius 1 is 1.37 bits per heavy atom. The van der Waals surface area contributed by atoms with Crippen LogP contribution in [0.15, 0.2) is 16.5 Å². The average molecular weight is 279 g/mol. The Balaban J connectivity index is 2.92. The molecule has 1 unspecified atom stereocenters. The van der Waals surface area contributed by atoms with Crippen LogP contribution in [0, 0.1) is 0 Å². The second-order valence-corrected chi connectivity index (χ2v) is 4.56. The maximum absolute atomic E-state index is 12.5. The van der Waals surface area contributed by atoms with Gasteiger partial charge in [-0.25, -0.2) is 4.79 Å². The molecule has 4 nitrogen and oxygen atoms in total. The summed E-state index contributed by atoms with van der Waals surface area (Å²) in [7, 11) is 0. The Bertz CT molecular complexity index is 440. The number of aromatic carboxylic acids is 1. The van der Waals surface area contributed by atoms with E-state index in [1.807, 2.05) is 0 Å². The van der Waals surface area contributed by atoms with Gasteiger partial charge in [0.25, 0.3) is 0 Å². The lowest BCUT2D eigenvalue weighted by molar-refractivity contribution is -0.155. The minimum atomic E-state index is -4.32. The van der Waals surface area contributed by atoms with E-state index in [1.165, 1.54) is 17.0 Å². The lowest BCUT2D eigenvalue weighted by Crippen LogP contribution is -2.40. The van der Waals surface area contributed by atoms with E-state index in [0.717, 1.165) is 0 Å². The average Bonchev–Trinajstić information content (AvgIpc) is 2.72. The smallest absolute Gasteiger partial charge is 0.401 e. The van der Waals surface area contributed by atoms with Crippen molar-refractivity contribution >= 4 is 5.97 Å². The van der Waals surface area contributed by atoms with Gasteiger partial charge in [-0.2, -0.15) is 13.2 Å². The van der Waals surface area contributed by atoms with Gasteiger partial charge in [0.15, 0.2) is 0 Å². The number of hydrogen-bond donors (Lipinski definition) is 1. The molecule has 108 valence electrons. The third-order valence-electron chi connectivity index (χ3n) is 2.77. The van der Waals surface area contributed by atoms with Crippen molar-refractivity contribution in [3.63, 3.8) is 0 Å². The third kappa shape index (κ3) is 4.27. The van der Waals surface area contributed by atoms with Crippen LogP contribution >= 0.6 is 0 Å². The van der Waals surface area contributed by atoms with Crippen LogP contribution in [-0.4, -0.2) is 34.7 Å². The monoisotopic (exact) mass is 279 g/mol. The summed E-state index contributed by atoms with van der Waals surface area (Å²) in [6, 6.07) is 1.62. The highest BCUT2D eigenvalue weighted by Gasteiger charge is 2.35. The lowest BCUT2D eigenvalue weighted by atomic mass is 10.1. The second kappa shape index (κ2) is 5.64. The number of carboxylic acid groups (broad SMARTS) is 1. The van der Waals surface area contributed by atoms with Crippen molar-refractivity contribution in [1.29, 1.82) is 0 Å². The molecule has 7 heteroatoms. The van der Waals surface area contributed by atoms with Crippen LogP contribution in [0.5, 0.6) is 0 Å². The molecular weight excluding hydrogens is 263 g/mol. The molecule has 1 heterocycles. The van der Waals surface area contributed by atoms with Crippen molar-refractivity contribution in [2.24, 2.45) is 0 Å². The third-order valence-corrected chi connectivity index (χ3v) is 2.77. The molecule has 0 aliphatic heterocycles. The predicted octanol–water partition coefficient (Wildman–Crippen LogP) is 3.31. The van der Waals surface area contributed by atoms with Gasteiger partial charge in [-0.3, -0.25) is 4.90 Å². The first-order valence-corrected chi connectivity index (χ1v) is 5.77. The van der Waals surface area contributed by atoms with Crippen molar-refractivity contribution in [1.82, 2.24) is 4.90 Å². The molecule has 1 rings (SSSR count). The maximum atomic E-state index is 12.5. The fraction of sp³-hybridized carbons (Fsp3) is 0.583. The topological polar surface area (TPSA) is 53.7 Å². The van der Waals surface area contributed by atoms with E-state index in [0.29, 0.717) is 0 Å². The summed E-state index contributed by atoms with van der Waals surface area (Å²) in [5.74, 6) is -1.32. The molecule has 0 spiro atoms. The summed E-state index contributed by atoms with van der Waals surface area (Å²) < 4.78 is 42.6. The van der Waals surface area contributed by atoms with Gasteiger partial charge in [0.1, 0.15) is 5.76 Å². The maximum Gasteiger partial charge on any atom is 0.401 e. The number of halogens is 3. The molecule has 1 aromatic heterocycles. The Kier molecular flexibility index (Phi) is 4.62. The minimum Gasteiger partial charge on any atom is -0.475 e. The van der Waals surface area contributed by atoms with Gasteiger partial charge in [-0.1, -0.05) is 0 Å². The fourth-order valence-electron chi connectivity index (χ4n) is 1.83. The number of nitrogens with zero attached hydrogens (tertiary/aromatic N) is 1. The molecule has 1 aromatic rings. The quantitative estimate of drug-likeness (QED) is 0.898. The van der Waals surface area contributed by atoms with Crippen LogP contribution in [0.4, 0.5) is 13.2 Å². The summed E-state index contributed by atoms with van der Waals surface area (Å²) >= 11 is 0. The van der Waals surface area contributed by atoms with Gasteiger partial charge in [0, 0.05) is 6.04 Å². The molecule has 0 amide bonds. The standard InChI is InChI=1S/C12H16F3NO3/c1-7(2)16(6-12(13,14)15)8(3)9-4-5-10(19-9)11(17)18/h4-5,7-8H,6H2,1-3H3,(H,17,18). The van der Waals surface area contributed by atoms with Crippen molar-refractivity contribution in [3.05, 3.63) is 23.7 Å². The van der Waals surface area contributed by atoms with E-state index in [1.54, 1.807) is 20.8 Å². The van der Waals surface area contributed by atoms with Crippen LogP contribution in [-0.2, 0) is 0 Å². The van der Waals surface area contributed by atoms with Gasteiger partial charge in [-0.15, -0.1) is 0 Å². The van der Waals surface area contributed by atoms with Gasteiger partial charge < -0.3 is 9.52 Å². The summed E-state index contributed by atoms with van der Waals surface area (Å²) in [6.45, 7) is 3.76. The first-order valence-electron chi connectivity index (χ1n) is 5.77. The number of carboxylic acids is 1. The highest BCUT2D eigenvalue weighted by Crippen LogP contribution is 2.28. The molecule has 1 N–H and O–H groups in total. The summed E-state index contributed by atoms with van der Waals surface area (Å²) in [5.41, 5.74) is 0. The van der Waals surface area contributed by atoms with E-state index in [4.69, 9.17) is 9.52 Å². The zero-order valence-corrected chi connectivity index (χ0v) is 10.9. The first-order chi connectivity index (χ1) is 8.61. The van der Waals surface area contributed by atoms with Crippen molar-refractivity contribution in [3.8, 4) is 0 Å². The highest BCUT2D eigenvalue weighted by molar-refractivity contribution is 5.84. The van der Waals surface area contributed by atoms with Gasteiger partial charge >= 0.3 is 12.1 Å². The Morgan fingerprint density at radius 3 is 2.32 bits per heavy atom. The zero-order chi connectivity index (χ0) is 14.8. The molecule has 0 saturated carbocycles. The number of carbonyl (C=O) groups is 1. The van der Waals surface area contributed by atoms with E-state index in [-0.39, 0.29) is 17.6 Å². The minimum absolute atomic E-state index is 0.204. The van der Waals surface area contributed by atoms with Gasteiger partial charge in [0.05, 0.1) is 12.6 Å². The molecule has 0 aromatic carbocycles.